The number of hydrogen-bond acceptors (Lipinski definition) is 5. The van der Waals surface area contributed by atoms with Gasteiger partial charge in [-0.1, -0.05) is 6.07 Å². The van der Waals surface area contributed by atoms with Crippen molar-refractivity contribution < 1.29 is 8.42 Å². The number of aromatic amines is 1. The second-order valence-electron chi connectivity index (χ2n) is 5.38. The number of hydrogen-bond donors (Lipinski definition) is 2. The third-order valence-corrected chi connectivity index (χ3v) is 4.72. The van der Waals surface area contributed by atoms with Gasteiger partial charge in [0.1, 0.15) is 0 Å². The van der Waals surface area contributed by atoms with Gasteiger partial charge in [0.25, 0.3) is 5.56 Å². The van der Waals surface area contributed by atoms with Gasteiger partial charge in [0, 0.05) is 24.3 Å². The second-order valence-corrected chi connectivity index (χ2v) is 7.15. The van der Waals surface area contributed by atoms with Crippen molar-refractivity contribution in [3.63, 3.8) is 0 Å². The average Bonchev–Trinajstić information content (AvgIpc) is 2.53. The monoisotopic (exact) mass is 348 g/mol. The maximum absolute atomic E-state index is 12.3. The highest BCUT2D eigenvalue weighted by Crippen LogP contribution is 2.11. The predicted octanol–water partition coefficient (Wildman–Crippen LogP) is 0.468. The quantitative estimate of drug-likeness (QED) is 0.812. The summed E-state index contributed by atoms with van der Waals surface area (Å²) < 4.78 is 28.1. The molecule has 0 atom stereocenters. The first-order valence-electron chi connectivity index (χ1n) is 7.09. The number of H-pyrrole nitrogens is 1. The molecule has 0 saturated heterocycles. The van der Waals surface area contributed by atoms with E-state index in [-0.39, 0.29) is 28.6 Å². The van der Waals surface area contributed by atoms with Gasteiger partial charge in [-0.3, -0.25) is 14.3 Å². The molecular formula is C15H16N4O4S. The molecule has 0 unspecified atom stereocenters. The molecule has 9 heteroatoms. The van der Waals surface area contributed by atoms with Gasteiger partial charge < -0.3 is 0 Å². The lowest BCUT2D eigenvalue weighted by Crippen LogP contribution is -2.35. The van der Waals surface area contributed by atoms with Crippen molar-refractivity contribution >= 4 is 10.0 Å². The van der Waals surface area contributed by atoms with Crippen LogP contribution >= 0.6 is 0 Å². The number of aromatic nitrogens is 2. The van der Waals surface area contributed by atoms with E-state index in [2.05, 4.69) is 9.71 Å². The van der Waals surface area contributed by atoms with Gasteiger partial charge in [-0.15, -0.1) is 0 Å². The highest BCUT2D eigenvalue weighted by Gasteiger charge is 2.16. The first-order chi connectivity index (χ1) is 11.2. The molecule has 0 aliphatic heterocycles. The fourth-order valence-corrected chi connectivity index (χ4v) is 3.08. The van der Waals surface area contributed by atoms with Crippen LogP contribution < -0.4 is 16.0 Å². The molecule has 2 N–H and O–H groups in total. The van der Waals surface area contributed by atoms with Crippen LogP contribution in [0.1, 0.15) is 31.0 Å². The predicted molar refractivity (Wildman–Crippen MR) is 86.9 cm³/mol. The molecule has 0 saturated carbocycles. The molecule has 0 radical (unpaired) electrons. The summed E-state index contributed by atoms with van der Waals surface area (Å²) in [7, 11) is -3.89. The molecule has 1 heterocycles. The molecule has 2 rings (SSSR count). The summed E-state index contributed by atoms with van der Waals surface area (Å²) in [5.74, 6) is 0. The molecule has 0 aliphatic carbocycles. The van der Waals surface area contributed by atoms with Crippen molar-refractivity contribution in [1.29, 1.82) is 5.26 Å². The Morgan fingerprint density at radius 2 is 2.04 bits per heavy atom. The molecule has 0 aliphatic rings. The molecule has 0 spiro atoms. The number of benzene rings is 1. The average molecular weight is 348 g/mol. The summed E-state index contributed by atoms with van der Waals surface area (Å²) in [6.45, 7) is 3.25. The van der Waals surface area contributed by atoms with Crippen LogP contribution in [0.15, 0.2) is 44.9 Å². The second kappa shape index (κ2) is 6.82. The highest BCUT2D eigenvalue weighted by molar-refractivity contribution is 7.89. The number of nitriles is 1. The third-order valence-electron chi connectivity index (χ3n) is 3.32. The summed E-state index contributed by atoms with van der Waals surface area (Å²) in [6.07, 6.45) is 1.33. The molecule has 2 aromatic rings. The first-order valence-corrected chi connectivity index (χ1v) is 8.57. The molecule has 1 aromatic carbocycles. The zero-order valence-electron chi connectivity index (χ0n) is 13.1. The van der Waals surface area contributed by atoms with Gasteiger partial charge in [0.05, 0.1) is 16.5 Å². The summed E-state index contributed by atoms with van der Waals surface area (Å²) in [5, 5.41) is 8.84. The molecule has 0 fully saturated rings. The van der Waals surface area contributed by atoms with E-state index in [4.69, 9.17) is 5.26 Å². The molecule has 0 bridgehead atoms. The maximum Gasteiger partial charge on any atom is 0.328 e. The van der Waals surface area contributed by atoms with E-state index in [1.54, 1.807) is 13.8 Å². The zero-order chi connectivity index (χ0) is 17.9. The van der Waals surface area contributed by atoms with E-state index < -0.39 is 21.3 Å². The van der Waals surface area contributed by atoms with Crippen LogP contribution in [0.3, 0.4) is 0 Å². The lowest BCUT2D eigenvalue weighted by atomic mass is 10.2. The number of rotatable bonds is 5. The van der Waals surface area contributed by atoms with Crippen molar-refractivity contribution in [1.82, 2.24) is 14.3 Å². The van der Waals surface area contributed by atoms with Crippen LogP contribution in [-0.4, -0.2) is 18.0 Å². The Hall–Kier alpha value is -2.70. The van der Waals surface area contributed by atoms with Gasteiger partial charge in [-0.05, 0) is 32.0 Å². The molecular weight excluding hydrogens is 332 g/mol. The lowest BCUT2D eigenvalue weighted by molar-refractivity contribution is 0.552. The number of nitrogens with one attached hydrogen (secondary N) is 2. The Labute approximate surface area is 138 Å². The van der Waals surface area contributed by atoms with Gasteiger partial charge >= 0.3 is 5.69 Å². The Morgan fingerprint density at radius 1 is 1.33 bits per heavy atom. The van der Waals surface area contributed by atoms with Gasteiger partial charge in [0.2, 0.25) is 10.0 Å². The summed E-state index contributed by atoms with van der Waals surface area (Å²) in [5.41, 5.74) is -0.874. The van der Waals surface area contributed by atoms with Crippen LogP contribution in [0, 0.1) is 11.3 Å². The Balaban J connectivity index is 2.30. The lowest BCUT2D eigenvalue weighted by Gasteiger charge is -2.11. The Kier molecular flexibility index (Phi) is 5.02. The minimum absolute atomic E-state index is 0.0739. The van der Waals surface area contributed by atoms with Crippen molar-refractivity contribution in [2.75, 3.05) is 0 Å². The van der Waals surface area contributed by atoms with Gasteiger partial charge in [-0.2, -0.15) is 5.26 Å². The van der Waals surface area contributed by atoms with Crippen LogP contribution in [0.4, 0.5) is 0 Å². The van der Waals surface area contributed by atoms with E-state index >= 15 is 0 Å². The van der Waals surface area contributed by atoms with Gasteiger partial charge in [-0.25, -0.2) is 17.9 Å². The molecule has 8 nitrogen and oxygen atoms in total. The van der Waals surface area contributed by atoms with Crippen molar-refractivity contribution in [3.05, 3.63) is 62.4 Å². The minimum atomic E-state index is -3.89. The SMILES string of the molecule is CC(C)n1cc(CNS(=O)(=O)c2cccc(C#N)c2)c(=O)[nH]c1=O. The standard InChI is InChI=1S/C15H16N4O4S/c1-10(2)19-9-12(14(20)18-15(19)21)8-17-24(22,23)13-5-3-4-11(6-13)7-16/h3-6,9-10,17H,8H2,1-2H3,(H,18,20,21). The van der Waals surface area contributed by atoms with Crippen molar-refractivity contribution in [3.8, 4) is 6.07 Å². The Morgan fingerprint density at radius 3 is 2.67 bits per heavy atom. The van der Waals surface area contributed by atoms with Crippen molar-refractivity contribution in [2.24, 2.45) is 0 Å². The largest absolute Gasteiger partial charge is 0.328 e. The Bertz CT molecular complexity index is 1010. The number of nitrogens with zero attached hydrogens (tertiary/aromatic N) is 2. The molecule has 126 valence electrons. The highest BCUT2D eigenvalue weighted by atomic mass is 32.2. The summed E-state index contributed by atoms with van der Waals surface area (Å²) in [6, 6.07) is 7.21. The van der Waals surface area contributed by atoms with E-state index in [0.29, 0.717) is 0 Å². The van der Waals surface area contributed by atoms with Gasteiger partial charge in [0.15, 0.2) is 0 Å². The van der Waals surface area contributed by atoms with E-state index in [9.17, 15) is 18.0 Å². The first kappa shape index (κ1) is 17.7. The van der Waals surface area contributed by atoms with Crippen LogP contribution in [0.5, 0.6) is 0 Å². The third kappa shape index (κ3) is 3.79. The minimum Gasteiger partial charge on any atom is -0.298 e. The topological polar surface area (TPSA) is 125 Å². The summed E-state index contributed by atoms with van der Waals surface area (Å²) >= 11 is 0. The molecule has 1 aromatic heterocycles. The van der Waals surface area contributed by atoms with Crippen molar-refractivity contribution in [2.45, 2.75) is 31.3 Å². The smallest absolute Gasteiger partial charge is 0.298 e. The zero-order valence-corrected chi connectivity index (χ0v) is 13.9. The molecule has 24 heavy (non-hydrogen) atoms. The van der Waals surface area contributed by atoms with E-state index in [1.165, 1.54) is 35.0 Å². The maximum atomic E-state index is 12.3. The van der Waals surface area contributed by atoms with E-state index in [1.807, 2.05) is 6.07 Å². The van der Waals surface area contributed by atoms with E-state index in [0.717, 1.165) is 0 Å². The van der Waals surface area contributed by atoms with Crippen LogP contribution in [0.25, 0.3) is 0 Å². The summed E-state index contributed by atoms with van der Waals surface area (Å²) in [4.78, 5) is 25.6. The fourth-order valence-electron chi connectivity index (χ4n) is 2.03. The molecule has 0 amide bonds. The normalized spacial score (nSPS) is 11.4. The van der Waals surface area contributed by atoms with Crippen LogP contribution in [0.2, 0.25) is 0 Å². The number of sulfonamides is 1. The van der Waals surface area contributed by atoms with Crippen LogP contribution in [-0.2, 0) is 16.6 Å². The fraction of sp³-hybridized carbons (Fsp3) is 0.267.